The van der Waals surface area contributed by atoms with Crippen LogP contribution in [0.5, 0.6) is 5.75 Å². The topological polar surface area (TPSA) is 46.6 Å². The molecule has 0 N–H and O–H groups in total. The molecule has 5 heteroatoms. The van der Waals surface area contributed by atoms with E-state index in [0.29, 0.717) is 17.3 Å². The van der Waals surface area contributed by atoms with Crippen LogP contribution in [0.4, 0.5) is 4.79 Å². The Labute approximate surface area is 196 Å². The number of hydrogen-bond acceptors (Lipinski definition) is 4. The van der Waals surface area contributed by atoms with Crippen LogP contribution in [0.2, 0.25) is 0 Å². The molecule has 1 aliphatic heterocycles. The highest BCUT2D eigenvalue weighted by molar-refractivity contribution is 8.18. The van der Waals surface area contributed by atoms with Crippen LogP contribution in [0.3, 0.4) is 0 Å². The molecule has 0 aromatic heterocycles. The average molecular weight is 452 g/mol. The van der Waals surface area contributed by atoms with E-state index >= 15 is 0 Å². The Morgan fingerprint density at radius 3 is 2.18 bits per heavy atom. The first-order valence-electron chi connectivity index (χ1n) is 10.7. The number of benzene rings is 4. The predicted octanol–water partition coefficient (Wildman–Crippen LogP) is 6.66. The van der Waals surface area contributed by atoms with Gasteiger partial charge in [0.05, 0.1) is 11.4 Å². The molecule has 1 saturated heterocycles. The summed E-state index contributed by atoms with van der Waals surface area (Å²) in [6.07, 6.45) is 1.79. The fraction of sp³-hybridized carbons (Fsp3) is 0.0714. The third-order valence-electron chi connectivity index (χ3n) is 5.50. The van der Waals surface area contributed by atoms with Crippen molar-refractivity contribution in [3.8, 4) is 5.75 Å². The molecule has 1 aliphatic rings. The molecule has 2 amide bonds. The van der Waals surface area contributed by atoms with E-state index in [2.05, 4.69) is 0 Å². The first-order valence-corrected chi connectivity index (χ1v) is 11.5. The summed E-state index contributed by atoms with van der Waals surface area (Å²) in [6, 6.07) is 31.4. The van der Waals surface area contributed by atoms with Gasteiger partial charge in [0, 0.05) is 5.56 Å². The second kappa shape index (κ2) is 9.35. The Morgan fingerprint density at radius 1 is 0.758 bits per heavy atom. The quantitative estimate of drug-likeness (QED) is 0.308. The summed E-state index contributed by atoms with van der Waals surface area (Å²) in [5, 5.41) is 1.75. The summed E-state index contributed by atoms with van der Waals surface area (Å²) in [4.78, 5) is 27.5. The molecular weight excluding hydrogens is 430 g/mol. The second-order valence-corrected chi connectivity index (χ2v) is 8.72. The lowest BCUT2D eigenvalue weighted by molar-refractivity contribution is -0.123. The largest absolute Gasteiger partial charge is 0.488 e. The Hall–Kier alpha value is -3.83. The minimum Gasteiger partial charge on any atom is -0.488 e. The van der Waals surface area contributed by atoms with E-state index in [9.17, 15) is 9.59 Å². The molecular formula is C28H21NO3S. The van der Waals surface area contributed by atoms with Gasteiger partial charge in [-0.2, -0.15) is 0 Å². The Morgan fingerprint density at radius 2 is 1.42 bits per heavy atom. The van der Waals surface area contributed by atoms with Gasteiger partial charge in [0.1, 0.15) is 12.4 Å². The minimum absolute atomic E-state index is 0.260. The van der Waals surface area contributed by atoms with E-state index in [0.717, 1.165) is 39.2 Å². The van der Waals surface area contributed by atoms with Crippen molar-refractivity contribution in [3.63, 3.8) is 0 Å². The van der Waals surface area contributed by atoms with E-state index in [4.69, 9.17) is 4.74 Å². The molecule has 1 fully saturated rings. The van der Waals surface area contributed by atoms with Crippen molar-refractivity contribution < 1.29 is 14.3 Å². The maximum atomic E-state index is 13.1. The monoisotopic (exact) mass is 451 g/mol. The fourth-order valence-corrected chi connectivity index (χ4v) is 4.64. The number of thioether (sulfide) groups is 1. The van der Waals surface area contributed by atoms with Crippen molar-refractivity contribution in [2.24, 2.45) is 0 Å². The van der Waals surface area contributed by atoms with E-state index in [-0.39, 0.29) is 17.7 Å². The van der Waals surface area contributed by atoms with E-state index in [1.165, 1.54) is 4.90 Å². The number of rotatable bonds is 6. The molecule has 5 rings (SSSR count). The number of nitrogens with zero attached hydrogens (tertiary/aromatic N) is 1. The predicted molar refractivity (Wildman–Crippen MR) is 133 cm³/mol. The van der Waals surface area contributed by atoms with Gasteiger partial charge >= 0.3 is 0 Å². The zero-order valence-electron chi connectivity index (χ0n) is 17.8. The van der Waals surface area contributed by atoms with Crippen LogP contribution in [0.1, 0.15) is 16.7 Å². The summed E-state index contributed by atoms with van der Waals surface area (Å²) in [6.45, 7) is 0.672. The molecule has 0 radical (unpaired) electrons. The SMILES string of the molecule is O=C1S/C(=C\c2c(OCc3ccccc3)ccc3ccccc23)C(=O)N1Cc1ccccc1. The van der Waals surface area contributed by atoms with Crippen molar-refractivity contribution in [1.82, 2.24) is 4.90 Å². The Kier molecular flexibility index (Phi) is 5.96. The van der Waals surface area contributed by atoms with Gasteiger partial charge in [-0.1, -0.05) is 91.0 Å². The number of ether oxygens (including phenoxy) is 1. The van der Waals surface area contributed by atoms with Gasteiger partial charge in [-0.05, 0) is 45.8 Å². The van der Waals surface area contributed by atoms with Crippen LogP contribution in [-0.2, 0) is 17.9 Å². The van der Waals surface area contributed by atoms with Crippen molar-refractivity contribution in [1.29, 1.82) is 0 Å². The number of carbonyl (C=O) groups excluding carboxylic acids is 2. The van der Waals surface area contributed by atoms with Crippen LogP contribution >= 0.6 is 11.8 Å². The van der Waals surface area contributed by atoms with Gasteiger partial charge in [0.2, 0.25) is 0 Å². The molecule has 0 saturated carbocycles. The van der Waals surface area contributed by atoms with Gasteiger partial charge < -0.3 is 4.74 Å². The Bertz CT molecular complexity index is 1350. The average Bonchev–Trinajstić information content (AvgIpc) is 3.12. The highest BCUT2D eigenvalue weighted by Crippen LogP contribution is 2.37. The van der Waals surface area contributed by atoms with Gasteiger partial charge in [-0.15, -0.1) is 0 Å². The summed E-state index contributed by atoms with van der Waals surface area (Å²) in [5.41, 5.74) is 2.77. The fourth-order valence-electron chi connectivity index (χ4n) is 3.82. The molecule has 0 spiro atoms. The molecule has 0 bridgehead atoms. The normalized spacial score (nSPS) is 14.9. The standard InChI is InChI=1S/C28H21NO3S/c30-27-26(33-28(31)29(27)18-20-9-3-1-4-10-20)17-24-23-14-8-7-13-22(23)15-16-25(24)32-19-21-11-5-2-6-12-21/h1-17H,18-19H2/b26-17-. The Balaban J connectivity index is 1.49. The maximum Gasteiger partial charge on any atom is 0.293 e. The highest BCUT2D eigenvalue weighted by Gasteiger charge is 2.35. The third kappa shape index (κ3) is 4.54. The lowest BCUT2D eigenvalue weighted by atomic mass is 10.0. The summed E-state index contributed by atoms with van der Waals surface area (Å²) >= 11 is 0.971. The second-order valence-electron chi connectivity index (χ2n) is 7.73. The van der Waals surface area contributed by atoms with Gasteiger partial charge in [-0.3, -0.25) is 14.5 Å². The third-order valence-corrected chi connectivity index (χ3v) is 6.41. The lowest BCUT2D eigenvalue weighted by Gasteiger charge is -2.13. The zero-order chi connectivity index (χ0) is 22.6. The van der Waals surface area contributed by atoms with E-state index in [1.54, 1.807) is 6.08 Å². The van der Waals surface area contributed by atoms with Crippen molar-refractivity contribution in [3.05, 3.63) is 119 Å². The summed E-state index contributed by atoms with van der Waals surface area (Å²) in [7, 11) is 0. The maximum absolute atomic E-state index is 13.1. The molecule has 0 aliphatic carbocycles. The number of fused-ring (bicyclic) bond motifs is 1. The van der Waals surface area contributed by atoms with Crippen LogP contribution in [0, 0.1) is 0 Å². The summed E-state index contributed by atoms with van der Waals surface area (Å²) < 4.78 is 6.16. The van der Waals surface area contributed by atoms with Crippen LogP contribution in [0.15, 0.2) is 102 Å². The van der Waals surface area contributed by atoms with Gasteiger partial charge in [0.15, 0.2) is 0 Å². The van der Waals surface area contributed by atoms with Crippen molar-refractivity contribution >= 4 is 39.8 Å². The first-order chi connectivity index (χ1) is 16.2. The number of carbonyl (C=O) groups is 2. The van der Waals surface area contributed by atoms with E-state index < -0.39 is 0 Å². The molecule has 0 unspecified atom stereocenters. The number of amides is 2. The molecule has 33 heavy (non-hydrogen) atoms. The molecule has 0 atom stereocenters. The smallest absolute Gasteiger partial charge is 0.293 e. The van der Waals surface area contributed by atoms with Gasteiger partial charge in [0.25, 0.3) is 11.1 Å². The molecule has 4 aromatic rings. The zero-order valence-corrected chi connectivity index (χ0v) is 18.6. The summed E-state index contributed by atoms with van der Waals surface area (Å²) in [5.74, 6) is 0.392. The van der Waals surface area contributed by atoms with E-state index in [1.807, 2.05) is 97.1 Å². The first kappa shape index (κ1) is 21.0. The molecule has 162 valence electrons. The van der Waals surface area contributed by atoms with Gasteiger partial charge in [-0.25, -0.2) is 0 Å². The lowest BCUT2D eigenvalue weighted by Crippen LogP contribution is -2.27. The number of imide groups is 1. The molecule has 4 nitrogen and oxygen atoms in total. The molecule has 1 heterocycles. The number of hydrogen-bond donors (Lipinski definition) is 0. The van der Waals surface area contributed by atoms with Crippen molar-refractivity contribution in [2.75, 3.05) is 0 Å². The van der Waals surface area contributed by atoms with Crippen LogP contribution < -0.4 is 4.74 Å². The van der Waals surface area contributed by atoms with Crippen LogP contribution in [0.25, 0.3) is 16.8 Å². The molecule has 4 aromatic carbocycles. The minimum atomic E-state index is -0.282. The van der Waals surface area contributed by atoms with Crippen LogP contribution in [-0.4, -0.2) is 16.0 Å². The van der Waals surface area contributed by atoms with Crippen molar-refractivity contribution in [2.45, 2.75) is 13.2 Å². The highest BCUT2D eigenvalue weighted by atomic mass is 32.2.